The molecule has 0 saturated heterocycles. The van der Waals surface area contributed by atoms with E-state index in [9.17, 15) is 19.5 Å². The lowest BCUT2D eigenvalue weighted by Gasteiger charge is -2.25. The number of carbonyl (C=O) groups is 3. The van der Waals surface area contributed by atoms with E-state index in [1.807, 2.05) is 0 Å². The van der Waals surface area contributed by atoms with Crippen LogP contribution in [0.5, 0.6) is 0 Å². The maximum atomic E-state index is 10.2. The highest BCUT2D eigenvalue weighted by Gasteiger charge is 2.34. The van der Waals surface area contributed by atoms with E-state index in [0.29, 0.717) is 0 Å². The van der Waals surface area contributed by atoms with E-state index in [1.54, 1.807) is 0 Å². The molecule has 3 N–H and O–H groups in total. The lowest BCUT2D eigenvalue weighted by atomic mass is 9.96. The second kappa shape index (κ2) is 8.08. The Bertz CT molecular complexity index is 532. The summed E-state index contributed by atoms with van der Waals surface area (Å²) in [6.45, 7) is 4.24. The summed E-state index contributed by atoms with van der Waals surface area (Å²) in [6.07, 6.45) is -0.356. The molecule has 0 fully saturated rings. The Labute approximate surface area is 127 Å². The smallest absolute Gasteiger partial charge is 0.306 e. The van der Waals surface area contributed by atoms with Crippen LogP contribution in [-0.2, 0) is 21.4 Å². The molecule has 1 rings (SSSR count). The minimum atomic E-state index is -2.85. The van der Waals surface area contributed by atoms with E-state index in [-0.39, 0.29) is 0 Å². The van der Waals surface area contributed by atoms with Crippen LogP contribution in [0.2, 0.25) is 0 Å². The third kappa shape index (κ3) is 6.31. The van der Waals surface area contributed by atoms with Crippen molar-refractivity contribution < 1.29 is 39.4 Å². The molecule has 0 bridgehead atoms. The molecule has 0 spiro atoms. The molecule has 8 heteroatoms. The van der Waals surface area contributed by atoms with Gasteiger partial charge in [-0.25, -0.2) is 4.57 Å². The number of pyridine rings is 1. The van der Waals surface area contributed by atoms with Gasteiger partial charge in [0.15, 0.2) is 11.9 Å². The van der Waals surface area contributed by atoms with Gasteiger partial charge in [0.05, 0.1) is 18.8 Å². The van der Waals surface area contributed by atoms with E-state index in [2.05, 4.69) is 43.8 Å². The topological polar surface area (TPSA) is 139 Å². The lowest BCUT2D eigenvalue weighted by Crippen LogP contribution is -2.51. The zero-order valence-electron chi connectivity index (χ0n) is 12.6. The molecule has 1 aromatic heterocycles. The van der Waals surface area contributed by atoms with Crippen molar-refractivity contribution >= 4 is 17.9 Å². The number of aliphatic hydroxyl groups is 1. The Kier molecular flexibility index (Phi) is 7.17. The summed E-state index contributed by atoms with van der Waals surface area (Å²) in [5.41, 5.74) is -0.171. The minimum Gasteiger partial charge on any atom is -0.547 e. The zero-order valence-corrected chi connectivity index (χ0v) is 12.6. The average Bonchev–Trinajstić information content (AvgIpc) is 2.34. The molecule has 1 aromatic rings. The van der Waals surface area contributed by atoms with Crippen LogP contribution in [-0.4, -0.2) is 38.8 Å². The van der Waals surface area contributed by atoms with Crippen LogP contribution in [0.1, 0.15) is 24.1 Å². The zero-order chi connectivity index (χ0) is 17.5. The number of carboxylic acid groups (broad SMARTS) is 3. The van der Waals surface area contributed by atoms with E-state index in [4.69, 9.17) is 15.3 Å². The highest BCUT2D eigenvalue weighted by molar-refractivity contribution is 5.86. The van der Waals surface area contributed by atoms with Gasteiger partial charge in [-0.1, -0.05) is 0 Å². The quantitative estimate of drug-likeness (QED) is 0.565. The Morgan fingerprint density at radius 2 is 1.64 bits per heavy atom. The summed E-state index contributed by atoms with van der Waals surface area (Å²) in [6, 6.07) is 4.18. The molecule has 0 amide bonds. The molecule has 0 aliphatic heterocycles. The predicted molar refractivity (Wildman–Crippen MR) is 71.6 cm³/mol. The van der Waals surface area contributed by atoms with Gasteiger partial charge in [-0.15, -0.1) is 0 Å². The van der Waals surface area contributed by atoms with Crippen molar-refractivity contribution in [3.8, 4) is 0 Å². The van der Waals surface area contributed by atoms with Crippen LogP contribution < -0.4 is 9.67 Å². The first-order valence-corrected chi connectivity index (χ1v) is 6.29. The fourth-order valence-electron chi connectivity index (χ4n) is 1.53. The van der Waals surface area contributed by atoms with Crippen LogP contribution in [0.25, 0.3) is 0 Å². The van der Waals surface area contributed by atoms with E-state index in [0.717, 1.165) is 0 Å². The number of hydrogen-bond acceptors (Lipinski definition) is 5. The van der Waals surface area contributed by atoms with Crippen molar-refractivity contribution in [1.29, 1.82) is 0 Å². The molecule has 0 unspecified atom stereocenters. The molecule has 0 aromatic carbocycles. The molecule has 22 heavy (non-hydrogen) atoms. The summed E-state index contributed by atoms with van der Waals surface area (Å²) in [5.74, 6) is -5.35. The third-order valence-electron chi connectivity index (χ3n) is 3.02. The number of hydrogen-bond donors (Lipinski definition) is 3. The first-order chi connectivity index (χ1) is 9.99. The first-order valence-electron chi connectivity index (χ1n) is 6.29. The van der Waals surface area contributed by atoms with Crippen LogP contribution in [0.15, 0.2) is 18.3 Å². The van der Waals surface area contributed by atoms with E-state index in [1.165, 1.54) is 11.3 Å². The number of nitrogens with zero attached hydrogens (tertiary/aromatic N) is 1. The van der Waals surface area contributed by atoms with Crippen molar-refractivity contribution in [1.82, 2.24) is 0 Å². The molecule has 122 valence electrons. The monoisotopic (exact) mass is 313 g/mol. The van der Waals surface area contributed by atoms with Crippen molar-refractivity contribution in [2.45, 2.75) is 32.3 Å². The van der Waals surface area contributed by atoms with Gasteiger partial charge in [-0.3, -0.25) is 9.59 Å². The van der Waals surface area contributed by atoms with E-state index >= 15 is 0 Å². The number of aryl methyl sites for hydroxylation is 2. The van der Waals surface area contributed by atoms with E-state index < -0.39 is 36.4 Å². The largest absolute Gasteiger partial charge is 0.547 e. The fraction of sp³-hybridized carbons (Fsp3) is 0.429. The molecule has 0 saturated carbocycles. The van der Waals surface area contributed by atoms with Crippen LogP contribution >= 0.6 is 0 Å². The highest BCUT2D eigenvalue weighted by Crippen LogP contribution is 2.14. The molecule has 0 aliphatic carbocycles. The number of aliphatic carboxylic acids is 3. The molecular weight excluding hydrogens is 294 g/mol. The molecular formula is C14H19NO7. The third-order valence-corrected chi connectivity index (χ3v) is 3.02. The van der Waals surface area contributed by atoms with Crippen LogP contribution in [0, 0.1) is 13.8 Å². The normalized spacial score (nSPS) is 10.4. The second-order valence-electron chi connectivity index (χ2n) is 4.85. The molecule has 8 nitrogen and oxygen atoms in total. The van der Waals surface area contributed by atoms with Gasteiger partial charge in [-0.05, 0) is 13.0 Å². The number of aromatic nitrogens is 1. The molecule has 0 aliphatic rings. The maximum Gasteiger partial charge on any atom is 0.306 e. The Morgan fingerprint density at radius 1 is 1.18 bits per heavy atom. The van der Waals surface area contributed by atoms with Gasteiger partial charge in [-0.2, -0.15) is 0 Å². The van der Waals surface area contributed by atoms with Gasteiger partial charge in [0.2, 0.25) is 0 Å². The van der Waals surface area contributed by atoms with Crippen LogP contribution in [0.3, 0.4) is 0 Å². The molecule has 0 radical (unpaired) electrons. The average molecular weight is 313 g/mol. The summed E-state index contributed by atoms with van der Waals surface area (Å²) < 4.78 is 2.12. The molecule has 1 heterocycles. The summed E-state index contributed by atoms with van der Waals surface area (Å²) in [4.78, 5) is 30.3. The van der Waals surface area contributed by atoms with Crippen molar-refractivity contribution in [3.05, 3.63) is 29.6 Å². The first kappa shape index (κ1) is 19.5. The Morgan fingerprint density at radius 3 is 1.91 bits per heavy atom. The van der Waals surface area contributed by atoms with Gasteiger partial charge < -0.3 is 25.2 Å². The Hall–Kier alpha value is -2.48. The number of rotatable bonds is 5. The van der Waals surface area contributed by atoms with Crippen LogP contribution in [0.4, 0.5) is 0 Å². The predicted octanol–water partition coefficient (Wildman–Crippen LogP) is -1.46. The second-order valence-corrected chi connectivity index (χ2v) is 4.85. The number of carbonyl (C=O) groups excluding carboxylic acids is 1. The van der Waals surface area contributed by atoms with Gasteiger partial charge in [0.25, 0.3) is 0 Å². The summed E-state index contributed by atoms with van der Waals surface area (Å²) in [7, 11) is 2.06. The minimum absolute atomic E-state index is 1.21. The van der Waals surface area contributed by atoms with Gasteiger partial charge >= 0.3 is 11.9 Å². The standard InChI is InChI=1S/C8H12N.C6H8O7/c1-7-5-4-6-9(3)8(7)2;7-3(8)1-6(13,5(11)12)2-4(9)10/h4-6H,1-3H3;13H,1-2H2,(H,7,8)(H,9,10)(H,11,12)/q+1;/p-1. The Balaban J connectivity index is 0.000000425. The summed E-state index contributed by atoms with van der Waals surface area (Å²) in [5, 5.41) is 35.5. The van der Waals surface area contributed by atoms with Crippen molar-refractivity contribution in [3.63, 3.8) is 0 Å². The lowest BCUT2D eigenvalue weighted by molar-refractivity contribution is -0.678. The van der Waals surface area contributed by atoms with Gasteiger partial charge in [0.1, 0.15) is 12.6 Å². The maximum absolute atomic E-state index is 10.2. The van der Waals surface area contributed by atoms with Crippen molar-refractivity contribution in [2.24, 2.45) is 7.05 Å². The SMILES string of the molecule is Cc1ccc[n+](C)c1C.O=C(O)CC(O)(CC(=O)O)C(=O)[O-]. The highest BCUT2D eigenvalue weighted by atomic mass is 16.4. The number of carboxylic acids is 3. The molecule has 0 atom stereocenters. The summed E-state index contributed by atoms with van der Waals surface area (Å²) >= 11 is 0. The van der Waals surface area contributed by atoms with Crippen molar-refractivity contribution in [2.75, 3.05) is 0 Å². The van der Waals surface area contributed by atoms with Gasteiger partial charge in [0, 0.05) is 18.6 Å². The fourth-order valence-corrected chi connectivity index (χ4v) is 1.53.